The van der Waals surface area contributed by atoms with Gasteiger partial charge in [0.25, 0.3) is 5.91 Å². The van der Waals surface area contributed by atoms with E-state index >= 15 is 0 Å². The first-order valence-corrected chi connectivity index (χ1v) is 7.29. The van der Waals surface area contributed by atoms with Gasteiger partial charge in [0.05, 0.1) is 0 Å². The molecule has 0 unspecified atom stereocenters. The molecule has 120 valence electrons. The molecule has 0 aromatic heterocycles. The summed E-state index contributed by atoms with van der Waals surface area (Å²) in [4.78, 5) is 23.8. The molecule has 0 heterocycles. The van der Waals surface area contributed by atoms with Crippen molar-refractivity contribution >= 4 is 12.0 Å². The highest BCUT2D eigenvalue weighted by molar-refractivity contribution is 5.96. The molecule has 5 nitrogen and oxygen atoms in total. The number of nitrogens with one attached hydrogen (secondary N) is 2. The van der Waals surface area contributed by atoms with Gasteiger partial charge in [-0.3, -0.25) is 4.79 Å². The Morgan fingerprint density at radius 2 is 2.00 bits per heavy atom. The standard InChI is InChI=1S/C16H21FN2O3/c1-16(2,3)19-15(21)22-9-10-4-5-11(17)8-13(10)14(20)18-12-6-7-12/h4-5,8,12H,6-7,9H2,1-3H3,(H,18,20)(H,19,21). The fraction of sp³-hybridized carbons (Fsp3) is 0.500. The van der Waals surface area contributed by atoms with Crippen LogP contribution in [0.4, 0.5) is 9.18 Å². The molecule has 0 radical (unpaired) electrons. The SMILES string of the molecule is CC(C)(C)NC(=O)OCc1ccc(F)cc1C(=O)NC1CC1. The van der Waals surface area contributed by atoms with Crippen LogP contribution in [0.25, 0.3) is 0 Å². The van der Waals surface area contributed by atoms with Crippen molar-refractivity contribution in [1.29, 1.82) is 0 Å². The summed E-state index contributed by atoms with van der Waals surface area (Å²) in [6.45, 7) is 5.41. The Morgan fingerprint density at radius 1 is 1.32 bits per heavy atom. The minimum absolute atomic E-state index is 0.0877. The van der Waals surface area contributed by atoms with Gasteiger partial charge in [-0.25, -0.2) is 9.18 Å². The lowest BCUT2D eigenvalue weighted by Crippen LogP contribution is -2.40. The molecule has 0 spiro atoms. The molecule has 2 rings (SSSR count). The third-order valence-corrected chi connectivity index (χ3v) is 3.06. The van der Waals surface area contributed by atoms with Crippen LogP contribution in [0.5, 0.6) is 0 Å². The summed E-state index contributed by atoms with van der Waals surface area (Å²) in [6, 6.07) is 4.04. The Hall–Kier alpha value is -2.11. The zero-order valence-corrected chi connectivity index (χ0v) is 13.0. The molecule has 2 N–H and O–H groups in total. The number of benzene rings is 1. The van der Waals surface area contributed by atoms with Crippen molar-refractivity contribution in [3.63, 3.8) is 0 Å². The Morgan fingerprint density at radius 3 is 2.59 bits per heavy atom. The number of hydrogen-bond donors (Lipinski definition) is 2. The number of rotatable bonds is 4. The summed E-state index contributed by atoms with van der Waals surface area (Å²) in [7, 11) is 0. The van der Waals surface area contributed by atoms with Crippen LogP contribution in [-0.2, 0) is 11.3 Å². The van der Waals surface area contributed by atoms with Gasteiger partial charge in [-0.15, -0.1) is 0 Å². The Bertz CT molecular complexity index is 577. The highest BCUT2D eigenvalue weighted by Crippen LogP contribution is 2.21. The number of carbonyl (C=O) groups excluding carboxylic acids is 2. The molecule has 0 saturated heterocycles. The molecule has 6 heteroatoms. The highest BCUT2D eigenvalue weighted by atomic mass is 19.1. The first-order valence-electron chi connectivity index (χ1n) is 7.29. The topological polar surface area (TPSA) is 67.4 Å². The second kappa shape index (κ2) is 6.34. The average molecular weight is 308 g/mol. The van der Waals surface area contributed by atoms with Crippen molar-refractivity contribution in [3.05, 3.63) is 35.1 Å². The number of amides is 2. The average Bonchev–Trinajstić information content (AvgIpc) is 3.19. The molecule has 1 aliphatic carbocycles. The first-order chi connectivity index (χ1) is 10.2. The highest BCUT2D eigenvalue weighted by Gasteiger charge is 2.25. The van der Waals surface area contributed by atoms with Crippen LogP contribution in [0.1, 0.15) is 49.5 Å². The third-order valence-electron chi connectivity index (χ3n) is 3.06. The lowest BCUT2D eigenvalue weighted by atomic mass is 10.1. The summed E-state index contributed by atoms with van der Waals surface area (Å²) in [5.41, 5.74) is 0.269. The van der Waals surface area contributed by atoms with Crippen molar-refractivity contribution in [1.82, 2.24) is 10.6 Å². The Kier molecular flexibility index (Phi) is 4.68. The molecule has 1 aromatic rings. The zero-order valence-electron chi connectivity index (χ0n) is 13.0. The lowest BCUT2D eigenvalue weighted by Gasteiger charge is -2.20. The van der Waals surface area contributed by atoms with E-state index in [1.807, 2.05) is 20.8 Å². The van der Waals surface area contributed by atoms with E-state index in [1.165, 1.54) is 12.1 Å². The van der Waals surface area contributed by atoms with Gasteiger partial charge in [-0.05, 0) is 45.7 Å². The van der Waals surface area contributed by atoms with Crippen molar-refractivity contribution in [3.8, 4) is 0 Å². The number of carbonyl (C=O) groups is 2. The van der Waals surface area contributed by atoms with Crippen LogP contribution < -0.4 is 10.6 Å². The van der Waals surface area contributed by atoms with E-state index in [4.69, 9.17) is 4.74 Å². The fourth-order valence-electron chi connectivity index (χ4n) is 1.86. The van der Waals surface area contributed by atoms with Crippen LogP contribution in [-0.4, -0.2) is 23.6 Å². The molecule has 22 heavy (non-hydrogen) atoms. The van der Waals surface area contributed by atoms with Crippen LogP contribution in [0, 0.1) is 5.82 Å². The quantitative estimate of drug-likeness (QED) is 0.898. The predicted octanol–water partition coefficient (Wildman–Crippen LogP) is 2.74. The number of hydrogen-bond acceptors (Lipinski definition) is 3. The normalized spacial score (nSPS) is 14.4. The molecule has 1 aromatic carbocycles. The second-order valence-corrected chi connectivity index (χ2v) is 6.50. The van der Waals surface area contributed by atoms with E-state index in [0.29, 0.717) is 5.56 Å². The molecule has 0 atom stereocenters. The van der Waals surface area contributed by atoms with Crippen molar-refractivity contribution in [2.45, 2.75) is 51.8 Å². The molecular formula is C16H21FN2O3. The molecule has 0 bridgehead atoms. The largest absolute Gasteiger partial charge is 0.445 e. The minimum atomic E-state index is -0.578. The maximum Gasteiger partial charge on any atom is 0.407 e. The van der Waals surface area contributed by atoms with Crippen molar-refractivity contribution in [2.24, 2.45) is 0 Å². The van der Waals surface area contributed by atoms with Crippen molar-refractivity contribution in [2.75, 3.05) is 0 Å². The third kappa shape index (κ3) is 5.02. The van der Waals surface area contributed by atoms with E-state index in [1.54, 1.807) is 0 Å². The predicted molar refractivity (Wildman–Crippen MR) is 80.0 cm³/mol. The van der Waals surface area contributed by atoms with Crippen LogP contribution in [0.2, 0.25) is 0 Å². The number of ether oxygens (including phenoxy) is 1. The number of halogens is 1. The summed E-state index contributed by atoms with van der Waals surface area (Å²) in [5.74, 6) is -0.833. The molecule has 0 aliphatic heterocycles. The van der Waals surface area contributed by atoms with Gasteiger partial charge in [0, 0.05) is 22.7 Å². The lowest BCUT2D eigenvalue weighted by molar-refractivity contribution is 0.0942. The van der Waals surface area contributed by atoms with Crippen LogP contribution in [0.15, 0.2) is 18.2 Å². The van der Waals surface area contributed by atoms with E-state index < -0.39 is 17.4 Å². The number of alkyl carbamates (subject to hydrolysis) is 1. The van der Waals surface area contributed by atoms with E-state index in [9.17, 15) is 14.0 Å². The summed E-state index contributed by atoms with van der Waals surface area (Å²) in [6.07, 6.45) is 1.31. The van der Waals surface area contributed by atoms with Gasteiger partial charge < -0.3 is 15.4 Å². The minimum Gasteiger partial charge on any atom is -0.445 e. The Balaban J connectivity index is 2.03. The van der Waals surface area contributed by atoms with E-state index in [2.05, 4.69) is 10.6 Å². The maximum atomic E-state index is 13.4. The van der Waals surface area contributed by atoms with Gasteiger partial charge in [0.15, 0.2) is 0 Å². The smallest absolute Gasteiger partial charge is 0.407 e. The van der Waals surface area contributed by atoms with Gasteiger partial charge in [-0.2, -0.15) is 0 Å². The molecule has 2 amide bonds. The molecule has 1 fully saturated rings. The zero-order chi connectivity index (χ0) is 16.3. The van der Waals surface area contributed by atoms with E-state index in [0.717, 1.165) is 18.9 Å². The van der Waals surface area contributed by atoms with Crippen LogP contribution in [0.3, 0.4) is 0 Å². The summed E-state index contributed by atoms with van der Waals surface area (Å²) in [5, 5.41) is 5.46. The van der Waals surface area contributed by atoms with Crippen LogP contribution >= 0.6 is 0 Å². The molecule has 1 saturated carbocycles. The monoisotopic (exact) mass is 308 g/mol. The maximum absolute atomic E-state index is 13.4. The van der Waals surface area contributed by atoms with E-state index in [-0.39, 0.29) is 24.1 Å². The first kappa shape index (κ1) is 16.3. The van der Waals surface area contributed by atoms with Gasteiger partial charge in [0.2, 0.25) is 0 Å². The summed E-state index contributed by atoms with van der Waals surface area (Å²) < 4.78 is 18.5. The Labute approximate surface area is 129 Å². The van der Waals surface area contributed by atoms with Gasteiger partial charge >= 0.3 is 6.09 Å². The fourth-order valence-corrected chi connectivity index (χ4v) is 1.86. The second-order valence-electron chi connectivity index (χ2n) is 6.50. The molecule has 1 aliphatic rings. The van der Waals surface area contributed by atoms with Gasteiger partial charge in [-0.1, -0.05) is 6.07 Å². The summed E-state index contributed by atoms with van der Waals surface area (Å²) >= 11 is 0. The van der Waals surface area contributed by atoms with Gasteiger partial charge in [0.1, 0.15) is 12.4 Å². The molecular weight excluding hydrogens is 287 g/mol. The van der Waals surface area contributed by atoms with Crippen molar-refractivity contribution < 1.29 is 18.7 Å².